The Bertz CT molecular complexity index is 274. The van der Waals surface area contributed by atoms with Crippen molar-refractivity contribution in [1.82, 2.24) is 10.2 Å². The largest absolute Gasteiger partial charge is 0.350 e. The van der Waals surface area contributed by atoms with Gasteiger partial charge in [0.05, 0.1) is 6.04 Å². The fourth-order valence-electron chi connectivity index (χ4n) is 2.92. The van der Waals surface area contributed by atoms with Crippen LogP contribution in [0.2, 0.25) is 0 Å². The first-order chi connectivity index (χ1) is 8.22. The lowest BCUT2D eigenvalue weighted by atomic mass is 10.1. The standard InChI is InChI=1S/C12H23N3OS/c1-17-8-5-9(13)12(16)14-10-4-7-15-6-2-3-11(10)15/h9-11H,2-8,13H2,1H3,(H,14,16)/t9-,10?,11?/m0/s1. The molecular weight excluding hydrogens is 234 g/mol. The third-order valence-corrected chi connectivity index (χ3v) is 4.55. The van der Waals surface area contributed by atoms with E-state index in [0.29, 0.717) is 12.1 Å². The summed E-state index contributed by atoms with van der Waals surface area (Å²) in [5, 5.41) is 3.14. The van der Waals surface area contributed by atoms with Crippen LogP contribution in [-0.2, 0) is 4.79 Å². The number of hydrogen-bond donors (Lipinski definition) is 2. The zero-order valence-electron chi connectivity index (χ0n) is 10.5. The lowest BCUT2D eigenvalue weighted by molar-refractivity contribution is -0.123. The van der Waals surface area contributed by atoms with E-state index in [1.54, 1.807) is 11.8 Å². The van der Waals surface area contributed by atoms with Crippen molar-refractivity contribution in [3.05, 3.63) is 0 Å². The van der Waals surface area contributed by atoms with Gasteiger partial charge in [-0.1, -0.05) is 0 Å². The van der Waals surface area contributed by atoms with E-state index in [0.717, 1.165) is 25.1 Å². The summed E-state index contributed by atoms with van der Waals surface area (Å²) in [5.41, 5.74) is 5.88. The summed E-state index contributed by atoms with van der Waals surface area (Å²) in [5.74, 6) is 0.993. The average Bonchev–Trinajstić information content (AvgIpc) is 2.90. The topological polar surface area (TPSA) is 58.4 Å². The van der Waals surface area contributed by atoms with Gasteiger partial charge >= 0.3 is 0 Å². The van der Waals surface area contributed by atoms with Crippen molar-refractivity contribution in [3.8, 4) is 0 Å². The van der Waals surface area contributed by atoms with Crippen molar-refractivity contribution in [2.45, 2.75) is 43.8 Å². The van der Waals surface area contributed by atoms with E-state index in [9.17, 15) is 4.79 Å². The number of hydrogen-bond acceptors (Lipinski definition) is 4. The molecule has 0 radical (unpaired) electrons. The van der Waals surface area contributed by atoms with Gasteiger partial charge in [-0.2, -0.15) is 11.8 Å². The summed E-state index contributed by atoms with van der Waals surface area (Å²) in [6.45, 7) is 2.34. The smallest absolute Gasteiger partial charge is 0.237 e. The second-order valence-electron chi connectivity index (χ2n) is 5.04. The van der Waals surface area contributed by atoms with Gasteiger partial charge in [-0.3, -0.25) is 9.69 Å². The maximum absolute atomic E-state index is 11.9. The van der Waals surface area contributed by atoms with E-state index < -0.39 is 0 Å². The quantitative estimate of drug-likeness (QED) is 0.749. The Labute approximate surface area is 108 Å². The summed E-state index contributed by atoms with van der Waals surface area (Å²) >= 11 is 1.74. The van der Waals surface area contributed by atoms with E-state index >= 15 is 0 Å². The molecule has 2 rings (SSSR count). The van der Waals surface area contributed by atoms with Gasteiger partial charge in [-0.05, 0) is 44.2 Å². The maximum atomic E-state index is 11.9. The fraction of sp³-hybridized carbons (Fsp3) is 0.917. The van der Waals surface area contributed by atoms with Crippen molar-refractivity contribution < 1.29 is 4.79 Å². The maximum Gasteiger partial charge on any atom is 0.237 e. The minimum Gasteiger partial charge on any atom is -0.350 e. The zero-order chi connectivity index (χ0) is 12.3. The van der Waals surface area contributed by atoms with Crippen LogP contribution >= 0.6 is 11.8 Å². The van der Waals surface area contributed by atoms with Crippen LogP contribution < -0.4 is 11.1 Å². The van der Waals surface area contributed by atoms with Crippen LogP contribution in [0.15, 0.2) is 0 Å². The number of nitrogens with two attached hydrogens (primary N) is 1. The van der Waals surface area contributed by atoms with Crippen molar-refractivity contribution in [2.75, 3.05) is 25.1 Å². The molecule has 2 aliphatic heterocycles. The van der Waals surface area contributed by atoms with E-state index in [4.69, 9.17) is 5.73 Å². The first kappa shape index (κ1) is 13.2. The molecule has 2 unspecified atom stereocenters. The molecule has 2 saturated heterocycles. The lowest BCUT2D eigenvalue weighted by Gasteiger charge is -2.22. The normalized spacial score (nSPS) is 30.2. The molecule has 4 nitrogen and oxygen atoms in total. The molecule has 0 saturated carbocycles. The van der Waals surface area contributed by atoms with Gasteiger partial charge in [-0.15, -0.1) is 0 Å². The number of rotatable bonds is 5. The molecule has 0 spiro atoms. The number of nitrogens with one attached hydrogen (secondary N) is 1. The molecule has 0 aromatic rings. The second-order valence-corrected chi connectivity index (χ2v) is 6.02. The fourth-order valence-corrected chi connectivity index (χ4v) is 3.41. The molecule has 17 heavy (non-hydrogen) atoms. The lowest BCUT2D eigenvalue weighted by Crippen LogP contribution is -2.49. The van der Waals surface area contributed by atoms with Crippen LogP contribution in [0.5, 0.6) is 0 Å². The Morgan fingerprint density at radius 3 is 3.12 bits per heavy atom. The first-order valence-electron chi connectivity index (χ1n) is 6.51. The molecule has 2 heterocycles. The Morgan fingerprint density at radius 2 is 2.35 bits per heavy atom. The summed E-state index contributed by atoms with van der Waals surface area (Å²) < 4.78 is 0. The molecule has 0 aromatic heterocycles. The van der Waals surface area contributed by atoms with Crippen LogP contribution in [-0.4, -0.2) is 54.0 Å². The Balaban J connectivity index is 1.78. The third kappa shape index (κ3) is 3.14. The monoisotopic (exact) mass is 257 g/mol. The number of fused-ring (bicyclic) bond motifs is 1. The predicted molar refractivity (Wildman–Crippen MR) is 72.1 cm³/mol. The van der Waals surface area contributed by atoms with E-state index in [1.807, 2.05) is 6.26 Å². The molecule has 0 bridgehead atoms. The summed E-state index contributed by atoms with van der Waals surface area (Å²) in [4.78, 5) is 14.4. The minimum atomic E-state index is -0.335. The van der Waals surface area contributed by atoms with Crippen LogP contribution in [0, 0.1) is 0 Å². The zero-order valence-corrected chi connectivity index (χ0v) is 11.3. The SMILES string of the molecule is CSCC[C@H](N)C(=O)NC1CCN2CCCC12. The highest BCUT2D eigenvalue weighted by atomic mass is 32.2. The van der Waals surface area contributed by atoms with E-state index in [1.165, 1.54) is 19.4 Å². The molecular formula is C12H23N3OS. The molecule has 2 aliphatic rings. The van der Waals surface area contributed by atoms with Crippen molar-refractivity contribution >= 4 is 17.7 Å². The van der Waals surface area contributed by atoms with E-state index in [-0.39, 0.29) is 11.9 Å². The highest BCUT2D eigenvalue weighted by Gasteiger charge is 2.38. The Hall–Kier alpha value is -0.260. The molecule has 3 N–H and O–H groups in total. The molecule has 3 atom stereocenters. The number of thioether (sulfide) groups is 1. The van der Waals surface area contributed by atoms with Gasteiger partial charge in [0.2, 0.25) is 5.91 Å². The van der Waals surface area contributed by atoms with Crippen molar-refractivity contribution in [1.29, 1.82) is 0 Å². The van der Waals surface area contributed by atoms with Gasteiger partial charge in [-0.25, -0.2) is 0 Å². The average molecular weight is 257 g/mol. The number of amides is 1. The Morgan fingerprint density at radius 1 is 1.53 bits per heavy atom. The van der Waals surface area contributed by atoms with E-state index in [2.05, 4.69) is 10.2 Å². The summed E-state index contributed by atoms with van der Waals surface area (Å²) in [6, 6.07) is 0.579. The molecule has 1 amide bonds. The van der Waals surface area contributed by atoms with Crippen LogP contribution in [0.3, 0.4) is 0 Å². The van der Waals surface area contributed by atoms with Crippen LogP contribution in [0.1, 0.15) is 25.7 Å². The van der Waals surface area contributed by atoms with Crippen LogP contribution in [0.4, 0.5) is 0 Å². The van der Waals surface area contributed by atoms with Gasteiger partial charge in [0.1, 0.15) is 0 Å². The molecule has 0 aromatic carbocycles. The molecule has 5 heteroatoms. The van der Waals surface area contributed by atoms with Gasteiger partial charge in [0.25, 0.3) is 0 Å². The Kier molecular flexibility index (Phi) is 4.70. The summed E-state index contributed by atoms with van der Waals surface area (Å²) in [6.07, 6.45) is 6.40. The third-order valence-electron chi connectivity index (χ3n) is 3.90. The number of carbonyl (C=O) groups is 1. The molecule has 0 aliphatic carbocycles. The number of nitrogens with zero attached hydrogens (tertiary/aromatic N) is 1. The van der Waals surface area contributed by atoms with Gasteiger partial charge in [0, 0.05) is 18.6 Å². The van der Waals surface area contributed by atoms with Gasteiger partial charge < -0.3 is 11.1 Å². The van der Waals surface area contributed by atoms with Crippen LogP contribution in [0.25, 0.3) is 0 Å². The van der Waals surface area contributed by atoms with Gasteiger partial charge in [0.15, 0.2) is 0 Å². The minimum absolute atomic E-state index is 0.0396. The highest BCUT2D eigenvalue weighted by molar-refractivity contribution is 7.98. The van der Waals surface area contributed by atoms with Crippen molar-refractivity contribution in [3.63, 3.8) is 0 Å². The predicted octanol–water partition coefficient (Wildman–Crippen LogP) is 0.420. The molecule has 98 valence electrons. The first-order valence-corrected chi connectivity index (χ1v) is 7.90. The summed E-state index contributed by atoms with van der Waals surface area (Å²) in [7, 11) is 0. The van der Waals surface area contributed by atoms with Crippen molar-refractivity contribution in [2.24, 2.45) is 5.73 Å². The second kappa shape index (κ2) is 6.07. The highest BCUT2D eigenvalue weighted by Crippen LogP contribution is 2.27. The molecule has 2 fully saturated rings. The number of carbonyl (C=O) groups excluding carboxylic acids is 1.